The van der Waals surface area contributed by atoms with Crippen LogP contribution in [0.2, 0.25) is 0 Å². The van der Waals surface area contributed by atoms with Crippen molar-refractivity contribution in [2.24, 2.45) is 0 Å². The Hall–Kier alpha value is -1.71. The number of benzene rings is 1. The maximum absolute atomic E-state index is 14.0. The Morgan fingerprint density at radius 2 is 1.94 bits per heavy atom. The lowest BCUT2D eigenvalue weighted by molar-refractivity contribution is 0.328. The molecule has 1 aliphatic heterocycles. The second-order valence-corrected chi connectivity index (χ2v) is 5.18. The molecule has 92 valence electrons. The van der Waals surface area contributed by atoms with Crippen LogP contribution in [0.5, 0.6) is 0 Å². The van der Waals surface area contributed by atoms with Crippen LogP contribution in [0, 0.1) is 0 Å². The fourth-order valence-corrected chi connectivity index (χ4v) is 2.66. The summed E-state index contributed by atoms with van der Waals surface area (Å²) >= 11 is 0. The summed E-state index contributed by atoms with van der Waals surface area (Å²) in [6.07, 6.45) is 1.78. The summed E-state index contributed by atoms with van der Waals surface area (Å²) in [5, 5.41) is 4.53. The van der Waals surface area contributed by atoms with Crippen LogP contribution in [0.1, 0.15) is 54.6 Å². The van der Waals surface area contributed by atoms with Gasteiger partial charge in [0.2, 0.25) is 0 Å². The van der Waals surface area contributed by atoms with Gasteiger partial charge in [0.15, 0.2) is 17.8 Å². The van der Waals surface area contributed by atoms with Gasteiger partial charge in [-0.25, -0.2) is 14.1 Å². The van der Waals surface area contributed by atoms with Crippen molar-refractivity contribution in [3.05, 3.63) is 47.5 Å². The number of fused-ring (bicyclic) bond motifs is 1. The van der Waals surface area contributed by atoms with Crippen molar-refractivity contribution in [2.45, 2.75) is 37.4 Å². The van der Waals surface area contributed by atoms with Crippen molar-refractivity contribution in [1.29, 1.82) is 0 Å². The molecule has 0 radical (unpaired) electrons. The third kappa shape index (κ3) is 1.48. The van der Waals surface area contributed by atoms with Gasteiger partial charge >= 0.3 is 0 Å². The molecule has 0 N–H and O–H groups in total. The van der Waals surface area contributed by atoms with E-state index in [9.17, 15) is 4.39 Å². The van der Waals surface area contributed by atoms with Gasteiger partial charge in [0.05, 0.1) is 6.04 Å². The number of halogens is 1. The first kappa shape index (κ1) is 10.2. The summed E-state index contributed by atoms with van der Waals surface area (Å²) < 4.78 is 15.8. The van der Waals surface area contributed by atoms with Crippen LogP contribution in [0.25, 0.3) is 0 Å². The molecule has 1 fully saturated rings. The van der Waals surface area contributed by atoms with E-state index in [0.717, 1.165) is 24.2 Å². The van der Waals surface area contributed by atoms with Crippen LogP contribution in [-0.4, -0.2) is 14.8 Å². The SMILES string of the molecule is FC1CC(c2ccccc2)n2nc(C3CC3)nc21. The summed E-state index contributed by atoms with van der Waals surface area (Å²) in [5.74, 6) is 1.84. The lowest BCUT2D eigenvalue weighted by Crippen LogP contribution is -2.07. The zero-order chi connectivity index (χ0) is 12.1. The molecule has 1 aliphatic carbocycles. The molecule has 2 aromatic rings. The largest absolute Gasteiger partial charge is 0.239 e. The third-order valence-electron chi connectivity index (χ3n) is 3.81. The number of hydrogen-bond donors (Lipinski definition) is 0. The molecule has 2 unspecified atom stereocenters. The molecule has 2 heterocycles. The van der Waals surface area contributed by atoms with Crippen molar-refractivity contribution < 1.29 is 4.39 Å². The van der Waals surface area contributed by atoms with E-state index in [0.29, 0.717) is 18.2 Å². The van der Waals surface area contributed by atoms with Gasteiger partial charge in [-0.15, -0.1) is 0 Å². The Kier molecular flexibility index (Phi) is 2.07. The molecule has 0 bridgehead atoms. The first-order chi connectivity index (χ1) is 8.83. The van der Waals surface area contributed by atoms with Crippen LogP contribution < -0.4 is 0 Å². The molecule has 18 heavy (non-hydrogen) atoms. The van der Waals surface area contributed by atoms with Gasteiger partial charge < -0.3 is 0 Å². The van der Waals surface area contributed by atoms with Gasteiger partial charge in [0.1, 0.15) is 0 Å². The highest BCUT2D eigenvalue weighted by atomic mass is 19.1. The summed E-state index contributed by atoms with van der Waals surface area (Å²) in [7, 11) is 0. The van der Waals surface area contributed by atoms with Crippen LogP contribution in [0.3, 0.4) is 0 Å². The van der Waals surface area contributed by atoms with Crippen LogP contribution >= 0.6 is 0 Å². The number of rotatable bonds is 2. The van der Waals surface area contributed by atoms with E-state index in [2.05, 4.69) is 10.1 Å². The van der Waals surface area contributed by atoms with Gasteiger partial charge in [-0.2, -0.15) is 5.10 Å². The molecule has 0 spiro atoms. The summed E-state index contributed by atoms with van der Waals surface area (Å²) in [5.41, 5.74) is 1.12. The average molecular weight is 243 g/mol. The van der Waals surface area contributed by atoms with Gasteiger partial charge in [-0.1, -0.05) is 30.3 Å². The zero-order valence-electron chi connectivity index (χ0n) is 9.96. The Bertz CT molecular complexity index is 574. The Labute approximate surface area is 105 Å². The molecular formula is C14H14FN3. The highest BCUT2D eigenvalue weighted by Gasteiger charge is 2.38. The van der Waals surface area contributed by atoms with Crippen LogP contribution in [-0.2, 0) is 0 Å². The standard InChI is InChI=1S/C14H14FN3/c15-11-8-12(9-4-2-1-3-5-9)18-14(11)16-13(17-18)10-6-7-10/h1-5,10-12H,6-8H2. The molecule has 4 heteroatoms. The van der Waals surface area contributed by atoms with E-state index in [1.807, 2.05) is 30.3 Å². The van der Waals surface area contributed by atoms with Gasteiger partial charge in [-0.05, 0) is 18.4 Å². The minimum absolute atomic E-state index is 0.0104. The second kappa shape index (κ2) is 3.64. The van der Waals surface area contributed by atoms with Crippen LogP contribution in [0.4, 0.5) is 4.39 Å². The number of alkyl halides is 1. The minimum Gasteiger partial charge on any atom is -0.239 e. The van der Waals surface area contributed by atoms with Crippen molar-refractivity contribution in [3.8, 4) is 0 Å². The fraction of sp³-hybridized carbons (Fsp3) is 0.429. The van der Waals surface area contributed by atoms with E-state index >= 15 is 0 Å². The maximum atomic E-state index is 14.0. The topological polar surface area (TPSA) is 30.7 Å². The fourth-order valence-electron chi connectivity index (χ4n) is 2.66. The Morgan fingerprint density at radius 3 is 2.67 bits per heavy atom. The quantitative estimate of drug-likeness (QED) is 0.811. The van der Waals surface area contributed by atoms with E-state index in [1.165, 1.54) is 0 Å². The van der Waals surface area contributed by atoms with Crippen molar-refractivity contribution in [3.63, 3.8) is 0 Å². The lowest BCUT2D eigenvalue weighted by atomic mass is 10.0. The van der Waals surface area contributed by atoms with Crippen LogP contribution in [0.15, 0.2) is 30.3 Å². The molecule has 1 aromatic carbocycles. The molecule has 3 nitrogen and oxygen atoms in total. The normalized spacial score (nSPS) is 26.3. The predicted molar refractivity (Wildman–Crippen MR) is 65.0 cm³/mol. The number of hydrogen-bond acceptors (Lipinski definition) is 2. The van der Waals surface area contributed by atoms with E-state index in [4.69, 9.17) is 0 Å². The molecule has 2 atom stereocenters. The maximum Gasteiger partial charge on any atom is 0.162 e. The summed E-state index contributed by atoms with van der Waals surface area (Å²) in [6, 6.07) is 10.0. The van der Waals surface area contributed by atoms with Crippen molar-refractivity contribution in [2.75, 3.05) is 0 Å². The third-order valence-corrected chi connectivity index (χ3v) is 3.81. The molecule has 2 aliphatic rings. The number of aromatic nitrogens is 3. The molecule has 0 saturated heterocycles. The monoisotopic (exact) mass is 243 g/mol. The molecular weight excluding hydrogens is 229 g/mol. The highest BCUT2D eigenvalue weighted by Crippen LogP contribution is 2.43. The molecule has 4 rings (SSSR count). The molecule has 1 aromatic heterocycles. The van der Waals surface area contributed by atoms with Gasteiger partial charge in [0, 0.05) is 12.3 Å². The molecule has 0 amide bonds. The predicted octanol–water partition coefficient (Wildman–Crippen LogP) is 3.16. The first-order valence-corrected chi connectivity index (χ1v) is 6.48. The Balaban J connectivity index is 1.76. The number of nitrogens with zero attached hydrogens (tertiary/aromatic N) is 3. The average Bonchev–Trinajstić information content (AvgIpc) is 3.08. The first-order valence-electron chi connectivity index (χ1n) is 6.48. The van der Waals surface area contributed by atoms with Crippen molar-refractivity contribution >= 4 is 0 Å². The van der Waals surface area contributed by atoms with Gasteiger partial charge in [-0.3, -0.25) is 0 Å². The minimum atomic E-state index is -0.977. The lowest BCUT2D eigenvalue weighted by Gasteiger charge is -2.11. The smallest absolute Gasteiger partial charge is 0.162 e. The van der Waals surface area contributed by atoms with Gasteiger partial charge in [0.25, 0.3) is 0 Å². The molecule has 1 saturated carbocycles. The zero-order valence-corrected chi connectivity index (χ0v) is 9.96. The van der Waals surface area contributed by atoms with E-state index in [1.54, 1.807) is 4.68 Å². The van der Waals surface area contributed by atoms with E-state index in [-0.39, 0.29) is 6.04 Å². The summed E-state index contributed by atoms with van der Waals surface area (Å²) in [4.78, 5) is 4.39. The Morgan fingerprint density at radius 1 is 1.17 bits per heavy atom. The second-order valence-electron chi connectivity index (χ2n) is 5.18. The van der Waals surface area contributed by atoms with Crippen molar-refractivity contribution in [1.82, 2.24) is 14.8 Å². The van der Waals surface area contributed by atoms with E-state index < -0.39 is 6.17 Å². The summed E-state index contributed by atoms with van der Waals surface area (Å²) in [6.45, 7) is 0. The highest BCUT2D eigenvalue weighted by molar-refractivity contribution is 5.24.